The zero-order chi connectivity index (χ0) is 18.4. The van der Waals surface area contributed by atoms with Gasteiger partial charge < -0.3 is 4.74 Å². The standard InChI is InChI=1S/C22H29NO3/c1-2-9-19(14-17-10-5-3-6-11-17)21(24)23-20(16-26-22(23)25)15-18-12-7-4-8-13-18/h2,4,7-8,12-13,17,19-20H,1,3,5-6,9-11,14-16H2/t19-,20-/m0/s1. The van der Waals surface area contributed by atoms with Gasteiger partial charge in [-0.15, -0.1) is 6.58 Å². The second-order valence-electron chi connectivity index (χ2n) is 7.59. The molecule has 2 fully saturated rings. The lowest BCUT2D eigenvalue weighted by atomic mass is 9.81. The number of allylic oxidation sites excluding steroid dienone is 1. The van der Waals surface area contributed by atoms with Gasteiger partial charge in [-0.3, -0.25) is 4.79 Å². The number of carbonyl (C=O) groups excluding carboxylic acids is 2. The van der Waals surface area contributed by atoms with Crippen molar-refractivity contribution in [1.82, 2.24) is 4.90 Å². The molecule has 0 spiro atoms. The fraction of sp³-hybridized carbons (Fsp3) is 0.545. The lowest BCUT2D eigenvalue weighted by Crippen LogP contribution is -2.44. The molecule has 3 rings (SSSR count). The van der Waals surface area contributed by atoms with Gasteiger partial charge in [-0.2, -0.15) is 0 Å². The van der Waals surface area contributed by atoms with Crippen molar-refractivity contribution in [3.63, 3.8) is 0 Å². The van der Waals surface area contributed by atoms with E-state index in [9.17, 15) is 9.59 Å². The molecule has 140 valence electrons. The number of ether oxygens (including phenoxy) is 1. The maximum atomic E-state index is 13.2. The molecule has 1 saturated carbocycles. The van der Waals surface area contributed by atoms with E-state index in [0.717, 1.165) is 12.0 Å². The predicted molar refractivity (Wildman–Crippen MR) is 102 cm³/mol. The topological polar surface area (TPSA) is 46.6 Å². The first-order valence-corrected chi connectivity index (χ1v) is 9.83. The van der Waals surface area contributed by atoms with Crippen molar-refractivity contribution in [3.05, 3.63) is 48.6 Å². The molecule has 1 aliphatic carbocycles. The van der Waals surface area contributed by atoms with E-state index in [4.69, 9.17) is 4.74 Å². The van der Waals surface area contributed by atoms with E-state index in [1.807, 2.05) is 30.3 Å². The van der Waals surface area contributed by atoms with Crippen molar-refractivity contribution in [2.45, 2.75) is 57.4 Å². The van der Waals surface area contributed by atoms with Gasteiger partial charge in [0.15, 0.2) is 0 Å². The number of hydrogen-bond acceptors (Lipinski definition) is 3. The van der Waals surface area contributed by atoms with E-state index in [1.165, 1.54) is 37.0 Å². The Morgan fingerprint density at radius 1 is 1.23 bits per heavy atom. The summed E-state index contributed by atoms with van der Waals surface area (Å²) >= 11 is 0. The van der Waals surface area contributed by atoms with Gasteiger partial charge in [0.2, 0.25) is 5.91 Å². The van der Waals surface area contributed by atoms with Crippen LogP contribution in [0, 0.1) is 11.8 Å². The van der Waals surface area contributed by atoms with Crippen molar-refractivity contribution in [3.8, 4) is 0 Å². The summed E-state index contributed by atoms with van der Waals surface area (Å²) in [6.07, 6.45) is 9.62. The van der Waals surface area contributed by atoms with Crippen LogP contribution in [0.4, 0.5) is 4.79 Å². The zero-order valence-corrected chi connectivity index (χ0v) is 15.4. The number of amides is 2. The Balaban J connectivity index is 1.70. The quantitative estimate of drug-likeness (QED) is 0.664. The number of hydrogen-bond donors (Lipinski definition) is 0. The first-order valence-electron chi connectivity index (χ1n) is 9.83. The number of cyclic esters (lactones) is 1. The van der Waals surface area contributed by atoms with Gasteiger partial charge in [0, 0.05) is 5.92 Å². The maximum Gasteiger partial charge on any atom is 0.416 e. The summed E-state index contributed by atoms with van der Waals surface area (Å²) < 4.78 is 5.23. The van der Waals surface area contributed by atoms with Crippen LogP contribution in [-0.4, -0.2) is 29.5 Å². The SMILES string of the molecule is C=CC[C@@H](CC1CCCCC1)C(=O)N1C(=O)OC[C@@H]1Cc1ccccc1. The molecule has 1 aromatic carbocycles. The van der Waals surface area contributed by atoms with E-state index in [-0.39, 0.29) is 24.5 Å². The Hall–Kier alpha value is -2.10. The third-order valence-corrected chi connectivity index (χ3v) is 5.66. The second kappa shape index (κ2) is 9.02. The lowest BCUT2D eigenvalue weighted by Gasteiger charge is -2.28. The average Bonchev–Trinajstić information content (AvgIpc) is 3.02. The fourth-order valence-corrected chi connectivity index (χ4v) is 4.29. The average molecular weight is 355 g/mol. The highest BCUT2D eigenvalue weighted by Gasteiger charge is 2.40. The third-order valence-electron chi connectivity index (χ3n) is 5.66. The van der Waals surface area contributed by atoms with E-state index < -0.39 is 6.09 Å². The van der Waals surface area contributed by atoms with Crippen LogP contribution in [0.5, 0.6) is 0 Å². The van der Waals surface area contributed by atoms with Crippen LogP contribution in [-0.2, 0) is 16.0 Å². The second-order valence-corrected chi connectivity index (χ2v) is 7.59. The van der Waals surface area contributed by atoms with E-state index in [2.05, 4.69) is 6.58 Å². The van der Waals surface area contributed by atoms with Crippen molar-refractivity contribution >= 4 is 12.0 Å². The number of rotatable bonds is 7. The van der Waals surface area contributed by atoms with Crippen molar-refractivity contribution < 1.29 is 14.3 Å². The zero-order valence-electron chi connectivity index (χ0n) is 15.4. The van der Waals surface area contributed by atoms with E-state index in [1.54, 1.807) is 6.08 Å². The highest BCUT2D eigenvalue weighted by Crippen LogP contribution is 2.32. The Morgan fingerprint density at radius 3 is 2.65 bits per heavy atom. The molecule has 26 heavy (non-hydrogen) atoms. The normalized spacial score (nSPS) is 22.1. The molecule has 0 bridgehead atoms. The number of nitrogens with zero attached hydrogens (tertiary/aromatic N) is 1. The van der Waals surface area contributed by atoms with Crippen LogP contribution in [0.3, 0.4) is 0 Å². The summed E-state index contributed by atoms with van der Waals surface area (Å²) in [5.74, 6) is 0.335. The highest BCUT2D eigenvalue weighted by molar-refractivity contribution is 5.94. The molecule has 2 amide bonds. The van der Waals surface area contributed by atoms with E-state index in [0.29, 0.717) is 18.8 Å². The van der Waals surface area contributed by atoms with Crippen LogP contribution in [0.15, 0.2) is 43.0 Å². The van der Waals surface area contributed by atoms with Crippen LogP contribution >= 0.6 is 0 Å². The molecule has 1 heterocycles. The summed E-state index contributed by atoms with van der Waals surface area (Å²) in [5, 5.41) is 0. The first kappa shape index (κ1) is 18.7. The summed E-state index contributed by atoms with van der Waals surface area (Å²) in [4.78, 5) is 26.9. The Bertz CT molecular complexity index is 622. The molecule has 0 unspecified atom stereocenters. The molecular formula is C22H29NO3. The molecule has 4 nitrogen and oxygen atoms in total. The predicted octanol–water partition coefficient (Wildman–Crippen LogP) is 4.74. The maximum absolute atomic E-state index is 13.2. The summed E-state index contributed by atoms with van der Waals surface area (Å²) in [5.41, 5.74) is 1.11. The monoisotopic (exact) mass is 355 g/mol. The molecular weight excluding hydrogens is 326 g/mol. The van der Waals surface area contributed by atoms with Gasteiger partial charge in [-0.25, -0.2) is 9.69 Å². The molecule has 1 saturated heterocycles. The smallest absolute Gasteiger partial charge is 0.416 e. The fourth-order valence-electron chi connectivity index (χ4n) is 4.29. The summed E-state index contributed by atoms with van der Waals surface area (Å²) in [7, 11) is 0. The van der Waals surface area contributed by atoms with Crippen molar-refractivity contribution in [2.75, 3.05) is 6.61 Å². The number of benzene rings is 1. The van der Waals surface area contributed by atoms with Gasteiger partial charge in [-0.05, 0) is 30.7 Å². The molecule has 0 aromatic heterocycles. The minimum atomic E-state index is -0.492. The largest absolute Gasteiger partial charge is 0.447 e. The van der Waals surface area contributed by atoms with E-state index >= 15 is 0 Å². The summed E-state index contributed by atoms with van der Waals surface area (Å²) in [6, 6.07) is 9.75. The van der Waals surface area contributed by atoms with Gasteiger partial charge >= 0.3 is 6.09 Å². The summed E-state index contributed by atoms with van der Waals surface area (Å²) in [6.45, 7) is 4.10. The highest BCUT2D eigenvalue weighted by atomic mass is 16.6. The van der Waals surface area contributed by atoms with Crippen LogP contribution < -0.4 is 0 Å². The molecule has 0 radical (unpaired) electrons. The number of carbonyl (C=O) groups is 2. The molecule has 1 aromatic rings. The first-order chi connectivity index (χ1) is 12.7. The van der Waals surface area contributed by atoms with Crippen LogP contribution in [0.25, 0.3) is 0 Å². The Kier molecular flexibility index (Phi) is 6.48. The van der Waals surface area contributed by atoms with Gasteiger partial charge in [-0.1, -0.05) is 68.5 Å². The van der Waals surface area contributed by atoms with Crippen molar-refractivity contribution in [2.24, 2.45) is 11.8 Å². The van der Waals surface area contributed by atoms with Crippen molar-refractivity contribution in [1.29, 1.82) is 0 Å². The Labute approximate surface area is 156 Å². The molecule has 0 N–H and O–H groups in total. The third kappa shape index (κ3) is 4.54. The van der Waals surface area contributed by atoms with Crippen LogP contribution in [0.1, 0.15) is 50.5 Å². The van der Waals surface area contributed by atoms with Gasteiger partial charge in [0.1, 0.15) is 6.61 Å². The number of imide groups is 1. The molecule has 1 aliphatic heterocycles. The molecule has 4 heteroatoms. The minimum Gasteiger partial charge on any atom is -0.447 e. The van der Waals surface area contributed by atoms with Crippen LogP contribution in [0.2, 0.25) is 0 Å². The molecule has 2 aliphatic rings. The minimum absolute atomic E-state index is 0.0843. The van der Waals surface area contributed by atoms with Gasteiger partial charge in [0.05, 0.1) is 6.04 Å². The Morgan fingerprint density at radius 2 is 1.96 bits per heavy atom. The lowest BCUT2D eigenvalue weighted by molar-refractivity contribution is -0.134. The molecule has 2 atom stereocenters. The van der Waals surface area contributed by atoms with Gasteiger partial charge in [0.25, 0.3) is 0 Å².